The lowest BCUT2D eigenvalue weighted by atomic mass is 10.2. The van der Waals surface area contributed by atoms with E-state index in [4.69, 9.17) is 21.1 Å². The minimum Gasteiger partial charge on any atom is -0.493 e. The van der Waals surface area contributed by atoms with Crippen molar-refractivity contribution in [2.75, 3.05) is 25.5 Å². The maximum atomic E-state index is 14.2. The molecule has 0 saturated carbocycles. The van der Waals surface area contributed by atoms with Crippen LogP contribution in [0.3, 0.4) is 0 Å². The van der Waals surface area contributed by atoms with Crippen molar-refractivity contribution < 1.29 is 13.9 Å². The molecule has 6 nitrogen and oxygen atoms in total. The van der Waals surface area contributed by atoms with Crippen molar-refractivity contribution in [3.05, 3.63) is 47.5 Å². The molecule has 0 spiro atoms. The number of hydrogen-bond donors (Lipinski definition) is 2. The predicted molar refractivity (Wildman–Crippen MR) is 103 cm³/mol. The van der Waals surface area contributed by atoms with Gasteiger partial charge in [-0.05, 0) is 31.2 Å². The zero-order valence-corrected chi connectivity index (χ0v) is 15.4. The van der Waals surface area contributed by atoms with E-state index in [1.165, 1.54) is 12.4 Å². The zero-order valence-electron chi connectivity index (χ0n) is 14.6. The number of hydrogen-bond acceptors (Lipinski definition) is 6. The molecule has 2 N–H and O–H groups in total. The molecule has 1 atom stereocenters. The van der Waals surface area contributed by atoms with Gasteiger partial charge in [0.05, 0.1) is 23.3 Å². The Hall–Kier alpha value is -2.64. The molecule has 1 saturated heterocycles. The Balaban J connectivity index is 1.73. The number of rotatable bonds is 5. The lowest BCUT2D eigenvalue weighted by molar-refractivity contribution is 0.213. The number of methoxy groups -OCH3 is 1. The minimum atomic E-state index is -0.536. The van der Waals surface area contributed by atoms with Crippen molar-refractivity contribution in [3.63, 3.8) is 0 Å². The van der Waals surface area contributed by atoms with Crippen LogP contribution in [0, 0.1) is 5.82 Å². The van der Waals surface area contributed by atoms with E-state index < -0.39 is 5.82 Å². The summed E-state index contributed by atoms with van der Waals surface area (Å²) in [5.41, 5.74) is 0.899. The number of nitrogens with one attached hydrogen (secondary N) is 2. The summed E-state index contributed by atoms with van der Waals surface area (Å²) in [6, 6.07) is 8.35. The summed E-state index contributed by atoms with van der Waals surface area (Å²) in [6.45, 7) is 1.73. The zero-order chi connectivity index (χ0) is 18.8. The van der Waals surface area contributed by atoms with Crippen molar-refractivity contribution in [2.24, 2.45) is 0 Å². The summed E-state index contributed by atoms with van der Waals surface area (Å²) in [7, 11) is 1.58. The molecule has 0 bridgehead atoms. The van der Waals surface area contributed by atoms with Gasteiger partial charge in [-0.1, -0.05) is 17.7 Å². The predicted octanol–water partition coefficient (Wildman–Crippen LogP) is 3.92. The van der Waals surface area contributed by atoms with E-state index in [1.54, 1.807) is 25.3 Å². The first-order valence-corrected chi connectivity index (χ1v) is 8.94. The Morgan fingerprint density at radius 1 is 1.26 bits per heavy atom. The maximum Gasteiger partial charge on any atom is 0.165 e. The first-order chi connectivity index (χ1) is 13.2. The maximum absolute atomic E-state index is 14.2. The molecule has 0 unspecified atom stereocenters. The van der Waals surface area contributed by atoms with Crippen LogP contribution in [-0.2, 0) is 0 Å². The molecule has 1 aliphatic rings. The largest absolute Gasteiger partial charge is 0.493 e. The van der Waals surface area contributed by atoms with Gasteiger partial charge in [0.25, 0.3) is 0 Å². The van der Waals surface area contributed by atoms with Crippen LogP contribution in [0.4, 0.5) is 15.9 Å². The third-order valence-electron chi connectivity index (χ3n) is 4.43. The van der Waals surface area contributed by atoms with Gasteiger partial charge in [0.1, 0.15) is 18.2 Å². The van der Waals surface area contributed by atoms with Gasteiger partial charge >= 0.3 is 0 Å². The highest BCUT2D eigenvalue weighted by molar-refractivity contribution is 6.31. The van der Waals surface area contributed by atoms with E-state index >= 15 is 0 Å². The molecular formula is C19H18ClFN4O2. The fourth-order valence-corrected chi connectivity index (χ4v) is 3.23. The monoisotopic (exact) mass is 388 g/mol. The summed E-state index contributed by atoms with van der Waals surface area (Å²) < 4.78 is 25.8. The van der Waals surface area contributed by atoms with Crippen molar-refractivity contribution in [1.82, 2.24) is 15.3 Å². The molecule has 1 fully saturated rings. The summed E-state index contributed by atoms with van der Waals surface area (Å²) in [5, 5.41) is 6.97. The topological polar surface area (TPSA) is 68.3 Å². The smallest absolute Gasteiger partial charge is 0.165 e. The van der Waals surface area contributed by atoms with E-state index in [1.807, 2.05) is 6.07 Å². The summed E-state index contributed by atoms with van der Waals surface area (Å²) in [5.74, 6) is 1.11. The van der Waals surface area contributed by atoms with Crippen LogP contribution in [0.2, 0.25) is 5.02 Å². The molecule has 0 amide bonds. The standard InChI is InChI=1S/C19H18ClFN4O2/c1-26-16-7-12-15(8-17(16)27-11-5-6-22-9-11)23-10-24-19(12)25-14-4-2-3-13(20)18(14)21/h2-4,7-8,10-11,22H,5-6,9H2,1H3,(H,23,24,25)/t11-/m0/s1. The molecule has 2 heterocycles. The van der Waals surface area contributed by atoms with Crippen molar-refractivity contribution in [3.8, 4) is 11.5 Å². The third kappa shape index (κ3) is 3.61. The molecule has 27 heavy (non-hydrogen) atoms. The molecule has 1 aromatic heterocycles. The Kier molecular flexibility index (Phi) is 4.96. The molecule has 1 aliphatic heterocycles. The second-order valence-corrected chi connectivity index (χ2v) is 6.61. The van der Waals surface area contributed by atoms with Crippen molar-refractivity contribution in [1.29, 1.82) is 0 Å². The highest BCUT2D eigenvalue weighted by Crippen LogP contribution is 2.36. The van der Waals surface area contributed by atoms with E-state index in [-0.39, 0.29) is 16.8 Å². The van der Waals surface area contributed by atoms with Gasteiger partial charge in [-0.3, -0.25) is 0 Å². The highest BCUT2D eigenvalue weighted by atomic mass is 35.5. The van der Waals surface area contributed by atoms with Gasteiger partial charge in [0.2, 0.25) is 0 Å². The lowest BCUT2D eigenvalue weighted by Gasteiger charge is -2.17. The van der Waals surface area contributed by atoms with Gasteiger partial charge in [0.15, 0.2) is 17.3 Å². The molecule has 140 valence electrons. The van der Waals surface area contributed by atoms with E-state index in [0.29, 0.717) is 28.2 Å². The molecular weight excluding hydrogens is 371 g/mol. The average Bonchev–Trinajstić information content (AvgIpc) is 3.18. The molecule has 3 aromatic rings. The van der Waals surface area contributed by atoms with E-state index in [9.17, 15) is 4.39 Å². The average molecular weight is 389 g/mol. The van der Waals surface area contributed by atoms with Crippen LogP contribution < -0.4 is 20.1 Å². The number of fused-ring (bicyclic) bond motifs is 1. The van der Waals surface area contributed by atoms with E-state index in [2.05, 4.69) is 20.6 Å². The fourth-order valence-electron chi connectivity index (χ4n) is 3.05. The summed E-state index contributed by atoms with van der Waals surface area (Å²) in [4.78, 5) is 8.55. The third-order valence-corrected chi connectivity index (χ3v) is 4.73. The first-order valence-electron chi connectivity index (χ1n) is 8.57. The Morgan fingerprint density at radius 3 is 2.93 bits per heavy atom. The molecule has 0 aliphatic carbocycles. The molecule has 8 heteroatoms. The van der Waals surface area contributed by atoms with Crippen molar-refractivity contribution >= 4 is 34.0 Å². The number of nitrogens with zero attached hydrogens (tertiary/aromatic N) is 2. The second kappa shape index (κ2) is 7.54. The number of halogens is 2. The van der Waals surface area contributed by atoms with Crippen molar-refractivity contribution in [2.45, 2.75) is 12.5 Å². The Bertz CT molecular complexity index is 979. The van der Waals surface area contributed by atoms with Crippen LogP contribution in [-0.4, -0.2) is 36.3 Å². The quantitative estimate of drug-likeness (QED) is 0.690. The number of anilines is 2. The first kappa shape index (κ1) is 17.8. The second-order valence-electron chi connectivity index (χ2n) is 6.20. The molecule has 2 aromatic carbocycles. The molecule has 0 radical (unpaired) electrons. The van der Waals surface area contributed by atoms with Gasteiger partial charge in [-0.2, -0.15) is 0 Å². The van der Waals surface area contributed by atoms with E-state index in [0.717, 1.165) is 19.5 Å². The number of ether oxygens (including phenoxy) is 2. The van der Waals surface area contributed by atoms with Crippen LogP contribution in [0.5, 0.6) is 11.5 Å². The fraction of sp³-hybridized carbons (Fsp3) is 0.263. The normalized spacial score (nSPS) is 16.5. The van der Waals surface area contributed by atoms with Gasteiger partial charge < -0.3 is 20.1 Å². The lowest BCUT2D eigenvalue weighted by Crippen LogP contribution is -2.19. The number of aromatic nitrogens is 2. The summed E-state index contributed by atoms with van der Waals surface area (Å²) >= 11 is 5.86. The van der Waals surface area contributed by atoms with Crippen LogP contribution >= 0.6 is 11.6 Å². The van der Waals surface area contributed by atoms with Gasteiger partial charge in [-0.25, -0.2) is 14.4 Å². The van der Waals surface area contributed by atoms with Gasteiger partial charge in [0, 0.05) is 18.0 Å². The highest BCUT2D eigenvalue weighted by Gasteiger charge is 2.19. The Labute approximate surface area is 160 Å². The Morgan fingerprint density at radius 2 is 2.15 bits per heavy atom. The van der Waals surface area contributed by atoms with Crippen LogP contribution in [0.25, 0.3) is 10.9 Å². The molecule has 4 rings (SSSR count). The number of benzene rings is 2. The minimum absolute atomic E-state index is 0.0387. The van der Waals surface area contributed by atoms with Gasteiger partial charge in [-0.15, -0.1) is 0 Å². The van der Waals surface area contributed by atoms with Crippen LogP contribution in [0.1, 0.15) is 6.42 Å². The summed E-state index contributed by atoms with van der Waals surface area (Å²) in [6.07, 6.45) is 2.45. The van der Waals surface area contributed by atoms with Crippen LogP contribution in [0.15, 0.2) is 36.7 Å². The SMILES string of the molecule is COc1cc2c(Nc3cccc(Cl)c3F)ncnc2cc1O[C@H]1CCNC1.